The minimum Gasteiger partial charge on any atom is -0.507 e. The summed E-state index contributed by atoms with van der Waals surface area (Å²) in [6.45, 7) is 3.99. The molecule has 10 nitrogen and oxygen atoms in total. The van der Waals surface area contributed by atoms with E-state index in [1.165, 1.54) is 0 Å². The van der Waals surface area contributed by atoms with Crippen LogP contribution in [0.1, 0.15) is 11.1 Å². The number of phosphoric acid groups is 2. The normalized spacial score (nSPS) is 10.9. The van der Waals surface area contributed by atoms with Crippen LogP contribution in [0.15, 0.2) is 36.4 Å². The molecular weight excluding hydrogens is 390 g/mol. The second-order valence-corrected chi connectivity index (χ2v) is 7.13. The van der Waals surface area contributed by atoms with Crippen LogP contribution in [0.25, 0.3) is 11.1 Å². The van der Waals surface area contributed by atoms with Crippen LogP contribution in [0.5, 0.6) is 11.5 Å². The highest BCUT2D eigenvalue weighted by Gasteiger charge is 2.09. The molecule has 0 aromatic heterocycles. The summed E-state index contributed by atoms with van der Waals surface area (Å²) < 4.78 is 17.8. The van der Waals surface area contributed by atoms with Gasteiger partial charge in [-0.2, -0.15) is 0 Å². The number of aromatic hydroxyl groups is 2. The zero-order valence-electron chi connectivity index (χ0n) is 13.8. The number of phenolic OH excluding ortho intramolecular Hbond substituents is 2. The summed E-state index contributed by atoms with van der Waals surface area (Å²) in [4.78, 5) is 43.1. The van der Waals surface area contributed by atoms with Gasteiger partial charge >= 0.3 is 15.6 Å². The number of hydrogen-bond acceptors (Lipinski definition) is 4. The summed E-state index contributed by atoms with van der Waals surface area (Å²) in [5, 5.41) is 19.5. The zero-order valence-corrected chi connectivity index (χ0v) is 15.5. The number of aryl methyl sites for hydroxylation is 2. The maximum Gasteiger partial charge on any atom is 0.466 e. The lowest BCUT2D eigenvalue weighted by Crippen LogP contribution is -1.84. The van der Waals surface area contributed by atoms with E-state index in [0.717, 1.165) is 16.7 Å². The van der Waals surface area contributed by atoms with Crippen molar-refractivity contribution >= 4 is 15.6 Å². The van der Waals surface area contributed by atoms with E-state index in [9.17, 15) is 10.2 Å². The van der Waals surface area contributed by atoms with Gasteiger partial charge < -0.3 is 39.6 Å². The third kappa shape index (κ3) is 12.6. The second kappa shape index (κ2) is 9.82. The van der Waals surface area contributed by atoms with Crippen molar-refractivity contribution in [1.29, 1.82) is 0 Å². The summed E-state index contributed by atoms with van der Waals surface area (Å²) in [6, 6.07) is 10.7. The molecule has 0 heterocycles. The first-order chi connectivity index (χ1) is 11.6. The number of benzene rings is 2. The Morgan fingerprint density at radius 3 is 1.31 bits per heavy atom. The molecule has 0 amide bonds. The average molecular weight is 410 g/mol. The van der Waals surface area contributed by atoms with E-state index in [0.29, 0.717) is 5.56 Å². The third-order valence-corrected chi connectivity index (χ3v) is 2.53. The molecule has 0 fully saturated rings. The predicted molar refractivity (Wildman–Crippen MR) is 93.2 cm³/mol. The van der Waals surface area contributed by atoms with Crippen LogP contribution in [-0.2, 0) is 9.13 Å². The molecule has 0 bridgehead atoms. The lowest BCUT2D eigenvalue weighted by Gasteiger charge is -2.09. The predicted octanol–water partition coefficient (Wildman–Crippen LogP) is 1.52. The number of phenols is 2. The van der Waals surface area contributed by atoms with Crippen molar-refractivity contribution in [1.82, 2.24) is 0 Å². The Labute approximate surface area is 149 Å². The molecule has 0 atom stereocenters. The molecular formula is C14H20O10P2. The summed E-state index contributed by atoms with van der Waals surface area (Å²) in [5.74, 6) is 0.204. The molecule has 0 aliphatic carbocycles. The first-order valence-corrected chi connectivity index (χ1v) is 9.87. The largest absolute Gasteiger partial charge is 0.507 e. The van der Waals surface area contributed by atoms with Crippen LogP contribution in [0.4, 0.5) is 0 Å². The molecule has 2 aromatic rings. The Hall–Kier alpha value is -1.74. The quantitative estimate of drug-likeness (QED) is 0.319. The molecule has 0 unspecified atom stereocenters. The molecule has 26 heavy (non-hydrogen) atoms. The van der Waals surface area contributed by atoms with Crippen molar-refractivity contribution < 1.29 is 48.7 Å². The Morgan fingerprint density at radius 2 is 1.00 bits per heavy atom. The van der Waals surface area contributed by atoms with Crippen molar-refractivity contribution in [2.45, 2.75) is 13.8 Å². The average Bonchev–Trinajstić information content (AvgIpc) is 2.32. The van der Waals surface area contributed by atoms with E-state index in [2.05, 4.69) is 6.07 Å². The third-order valence-electron chi connectivity index (χ3n) is 2.53. The lowest BCUT2D eigenvalue weighted by molar-refractivity contribution is 0.272. The fraction of sp³-hybridized carbons (Fsp3) is 0.143. The van der Waals surface area contributed by atoms with E-state index < -0.39 is 15.6 Å². The van der Waals surface area contributed by atoms with E-state index >= 15 is 0 Å². The van der Waals surface area contributed by atoms with Gasteiger partial charge in [-0.05, 0) is 31.5 Å². The van der Waals surface area contributed by atoms with Gasteiger partial charge in [0, 0.05) is 0 Å². The molecule has 0 radical (unpaired) electrons. The van der Waals surface area contributed by atoms with Crippen molar-refractivity contribution in [2.75, 3.05) is 0 Å². The van der Waals surface area contributed by atoms with Gasteiger partial charge in [0.2, 0.25) is 0 Å². The maximum atomic E-state index is 9.77. The monoisotopic (exact) mass is 410 g/mol. The highest BCUT2D eigenvalue weighted by Crippen LogP contribution is 2.37. The molecule has 12 heteroatoms. The van der Waals surface area contributed by atoms with Gasteiger partial charge in [-0.25, -0.2) is 9.13 Å². The molecule has 2 aromatic carbocycles. The Morgan fingerprint density at radius 1 is 0.692 bits per heavy atom. The van der Waals surface area contributed by atoms with E-state index in [1.54, 1.807) is 18.2 Å². The highest BCUT2D eigenvalue weighted by atomic mass is 31.2. The summed E-state index contributed by atoms with van der Waals surface area (Å²) in [7, 11) is -9.28. The molecule has 8 N–H and O–H groups in total. The fourth-order valence-corrected chi connectivity index (χ4v) is 1.94. The van der Waals surface area contributed by atoms with Crippen LogP contribution < -0.4 is 0 Å². The maximum absolute atomic E-state index is 9.77. The minimum atomic E-state index is -4.64. The molecule has 0 saturated carbocycles. The van der Waals surface area contributed by atoms with Gasteiger partial charge in [0.1, 0.15) is 11.5 Å². The first kappa shape index (κ1) is 24.3. The van der Waals surface area contributed by atoms with Gasteiger partial charge in [-0.3, -0.25) is 0 Å². The van der Waals surface area contributed by atoms with Crippen LogP contribution in [0, 0.1) is 13.8 Å². The van der Waals surface area contributed by atoms with Crippen LogP contribution in [0.3, 0.4) is 0 Å². The van der Waals surface area contributed by atoms with Crippen molar-refractivity contribution in [3.63, 3.8) is 0 Å². The van der Waals surface area contributed by atoms with Gasteiger partial charge in [-0.15, -0.1) is 0 Å². The minimum absolute atomic E-state index is 0.102. The summed E-state index contributed by atoms with van der Waals surface area (Å²) in [6.07, 6.45) is 0. The van der Waals surface area contributed by atoms with E-state index in [1.807, 2.05) is 26.0 Å². The molecule has 146 valence electrons. The van der Waals surface area contributed by atoms with E-state index in [-0.39, 0.29) is 11.5 Å². The Bertz CT molecular complexity index is 747. The van der Waals surface area contributed by atoms with Crippen molar-refractivity contribution in [3.8, 4) is 22.6 Å². The number of rotatable bonds is 1. The second-order valence-electron chi connectivity index (χ2n) is 5.07. The smallest absolute Gasteiger partial charge is 0.466 e. The number of hydrogen-bond donors (Lipinski definition) is 8. The SMILES string of the molecule is Cc1cc(C)cc(-c2c(O)cccc2O)c1.O=P(O)(O)O.O=P(O)(O)O. The molecule has 0 aliphatic heterocycles. The van der Waals surface area contributed by atoms with Gasteiger partial charge in [0.05, 0.1) is 5.56 Å². The summed E-state index contributed by atoms with van der Waals surface area (Å²) >= 11 is 0. The molecule has 0 aliphatic rings. The zero-order chi connectivity index (χ0) is 20.7. The molecule has 0 saturated heterocycles. The van der Waals surface area contributed by atoms with E-state index in [4.69, 9.17) is 38.5 Å². The van der Waals surface area contributed by atoms with Crippen LogP contribution >= 0.6 is 15.6 Å². The lowest BCUT2D eigenvalue weighted by atomic mass is 9.99. The Kier molecular flexibility index (Phi) is 9.16. The fourth-order valence-electron chi connectivity index (χ4n) is 1.94. The topological polar surface area (TPSA) is 196 Å². The van der Waals surface area contributed by atoms with Crippen LogP contribution in [0.2, 0.25) is 0 Å². The standard InChI is InChI=1S/C14H14O2.2H3O4P/c1-9-6-10(2)8-11(7-9)14-12(15)4-3-5-13(14)16;2*1-5(2,3)4/h3-8,15-16H,1-2H3;2*(H3,1,2,3,4). The molecule has 2 rings (SSSR count). The van der Waals surface area contributed by atoms with Gasteiger partial charge in [0.15, 0.2) is 0 Å². The summed E-state index contributed by atoms with van der Waals surface area (Å²) in [5.41, 5.74) is 3.55. The molecule has 0 spiro atoms. The van der Waals surface area contributed by atoms with Crippen LogP contribution in [-0.4, -0.2) is 39.6 Å². The highest BCUT2D eigenvalue weighted by molar-refractivity contribution is 7.45. The van der Waals surface area contributed by atoms with Gasteiger partial charge in [0.25, 0.3) is 0 Å². The first-order valence-electron chi connectivity index (χ1n) is 6.74. The Balaban J connectivity index is 0.000000520. The van der Waals surface area contributed by atoms with Crippen molar-refractivity contribution in [2.24, 2.45) is 0 Å². The van der Waals surface area contributed by atoms with Crippen molar-refractivity contribution in [3.05, 3.63) is 47.5 Å². The van der Waals surface area contributed by atoms with Gasteiger partial charge in [-0.1, -0.05) is 35.4 Å².